The average Bonchev–Trinajstić information content (AvgIpc) is 2.27. The van der Waals surface area contributed by atoms with Crippen LogP contribution >= 0.6 is 0 Å². The smallest absolute Gasteiger partial charge is 0.202 e. The first-order valence-electron chi connectivity index (χ1n) is 5.59. The summed E-state index contributed by atoms with van der Waals surface area (Å²) in [4.78, 5) is 0. The molecule has 0 aromatic heterocycles. The number of piperidine rings is 1. The van der Waals surface area contributed by atoms with E-state index in [2.05, 4.69) is 10.8 Å². The highest BCUT2D eigenvalue weighted by Gasteiger charge is 2.34. The summed E-state index contributed by atoms with van der Waals surface area (Å²) in [6.07, 6.45) is 2.00. The third-order valence-electron chi connectivity index (χ3n) is 2.97. The molecule has 1 fully saturated rings. The minimum absolute atomic E-state index is 0.364. The van der Waals surface area contributed by atoms with Crippen LogP contribution in [0.2, 0.25) is 0 Å². The van der Waals surface area contributed by atoms with E-state index in [0.717, 1.165) is 6.42 Å². The summed E-state index contributed by atoms with van der Waals surface area (Å²) in [5, 5.41) is 8.95. The minimum Gasteiger partial charge on any atom is -0.202 e. The van der Waals surface area contributed by atoms with E-state index in [1.807, 2.05) is 13.8 Å². The molecule has 1 rings (SSSR count). The number of hydrogen-bond acceptors (Lipinski definition) is 3. The lowest BCUT2D eigenvalue weighted by Gasteiger charge is -2.33. The fourth-order valence-corrected chi connectivity index (χ4v) is 2.96. The van der Waals surface area contributed by atoms with Gasteiger partial charge in [-0.05, 0) is 26.2 Å². The van der Waals surface area contributed by atoms with Crippen molar-refractivity contribution < 1.29 is 8.42 Å². The third-order valence-corrected chi connectivity index (χ3v) is 4.58. The monoisotopic (exact) mass is 245 g/mol. The lowest BCUT2D eigenvalue weighted by atomic mass is 9.83. The number of nitrogens with one attached hydrogen (secondary N) is 1. The Labute approximate surface area is 97.6 Å². The van der Waals surface area contributed by atoms with Gasteiger partial charge in [0.05, 0.1) is 11.5 Å². The zero-order valence-electron chi connectivity index (χ0n) is 9.86. The average molecular weight is 245 g/mol. The van der Waals surface area contributed by atoms with E-state index < -0.39 is 10.2 Å². The van der Waals surface area contributed by atoms with E-state index >= 15 is 0 Å². The van der Waals surface area contributed by atoms with E-state index in [0.29, 0.717) is 32.5 Å². The largest absolute Gasteiger partial charge is 0.279 e. The molecule has 0 atom stereocenters. The lowest BCUT2D eigenvalue weighted by Crippen LogP contribution is -2.47. The number of rotatable bonds is 4. The summed E-state index contributed by atoms with van der Waals surface area (Å²) in [7, 11) is -3.33. The molecule has 92 valence electrons. The normalized spacial score (nSPS) is 21.6. The Kier molecular flexibility index (Phi) is 4.30. The van der Waals surface area contributed by atoms with Crippen molar-refractivity contribution in [1.82, 2.24) is 9.03 Å². The van der Waals surface area contributed by atoms with Crippen molar-refractivity contribution in [3.05, 3.63) is 0 Å². The second-order valence-electron chi connectivity index (χ2n) is 4.47. The van der Waals surface area contributed by atoms with Gasteiger partial charge in [0.15, 0.2) is 0 Å². The predicted octanol–water partition coefficient (Wildman–Crippen LogP) is 0.856. The summed E-state index contributed by atoms with van der Waals surface area (Å²) in [6, 6.07) is 2.25. The molecule has 1 saturated heterocycles. The standard InChI is InChI=1S/C10H19N3O2S/c1-3-6-12-16(14,15)13-7-4-10(2,9-11)5-8-13/h12H,3-8H2,1-2H3. The van der Waals surface area contributed by atoms with E-state index in [1.54, 1.807) is 0 Å². The Balaban J connectivity index is 2.57. The van der Waals surface area contributed by atoms with Gasteiger partial charge in [0, 0.05) is 19.6 Å². The van der Waals surface area contributed by atoms with Crippen LogP contribution in [0.5, 0.6) is 0 Å². The van der Waals surface area contributed by atoms with Crippen LogP contribution in [0.25, 0.3) is 0 Å². The maximum absolute atomic E-state index is 11.8. The molecule has 5 nitrogen and oxygen atoms in total. The van der Waals surface area contributed by atoms with E-state index in [4.69, 9.17) is 5.26 Å². The fourth-order valence-electron chi connectivity index (χ4n) is 1.65. The molecule has 1 N–H and O–H groups in total. The molecule has 0 radical (unpaired) electrons. The van der Waals surface area contributed by atoms with Crippen molar-refractivity contribution in [2.24, 2.45) is 5.41 Å². The first-order valence-corrected chi connectivity index (χ1v) is 7.03. The summed E-state index contributed by atoms with van der Waals surface area (Å²) in [5.74, 6) is 0. The van der Waals surface area contributed by atoms with Gasteiger partial charge in [0.25, 0.3) is 10.2 Å². The molecular formula is C10H19N3O2S. The zero-order chi connectivity index (χ0) is 12.2. The third kappa shape index (κ3) is 3.17. The summed E-state index contributed by atoms with van der Waals surface area (Å²) in [6.45, 7) is 5.14. The second kappa shape index (κ2) is 5.13. The van der Waals surface area contributed by atoms with Crippen molar-refractivity contribution in [1.29, 1.82) is 5.26 Å². The second-order valence-corrected chi connectivity index (χ2v) is 6.23. The molecule has 0 spiro atoms. The molecule has 1 aliphatic rings. The van der Waals surface area contributed by atoms with Crippen LogP contribution in [0.1, 0.15) is 33.1 Å². The van der Waals surface area contributed by atoms with Crippen LogP contribution in [0.15, 0.2) is 0 Å². The van der Waals surface area contributed by atoms with Crippen LogP contribution < -0.4 is 4.72 Å². The van der Waals surface area contributed by atoms with Gasteiger partial charge in [0.2, 0.25) is 0 Å². The van der Waals surface area contributed by atoms with Crippen molar-refractivity contribution >= 4 is 10.2 Å². The first kappa shape index (κ1) is 13.4. The van der Waals surface area contributed by atoms with Gasteiger partial charge in [-0.25, -0.2) is 4.72 Å². The molecule has 1 aliphatic heterocycles. The van der Waals surface area contributed by atoms with Crippen LogP contribution in [0.4, 0.5) is 0 Å². The molecule has 6 heteroatoms. The molecule has 0 unspecified atom stereocenters. The summed E-state index contributed by atoms with van der Waals surface area (Å²) < 4.78 is 27.5. The highest BCUT2D eigenvalue weighted by molar-refractivity contribution is 7.87. The zero-order valence-corrected chi connectivity index (χ0v) is 10.7. The van der Waals surface area contributed by atoms with Gasteiger partial charge in [-0.3, -0.25) is 0 Å². The summed E-state index contributed by atoms with van der Waals surface area (Å²) in [5.41, 5.74) is -0.364. The van der Waals surface area contributed by atoms with Gasteiger partial charge >= 0.3 is 0 Å². The van der Waals surface area contributed by atoms with Gasteiger partial charge in [0.1, 0.15) is 0 Å². The minimum atomic E-state index is -3.33. The van der Waals surface area contributed by atoms with Gasteiger partial charge in [-0.1, -0.05) is 6.92 Å². The van der Waals surface area contributed by atoms with Crippen LogP contribution in [0, 0.1) is 16.7 Å². The van der Waals surface area contributed by atoms with Crippen molar-refractivity contribution in [2.75, 3.05) is 19.6 Å². The van der Waals surface area contributed by atoms with Gasteiger partial charge in [-0.15, -0.1) is 0 Å². The number of nitriles is 1. The molecule has 1 heterocycles. The van der Waals surface area contributed by atoms with Crippen LogP contribution in [0.3, 0.4) is 0 Å². The summed E-state index contributed by atoms with van der Waals surface area (Å²) >= 11 is 0. The highest BCUT2D eigenvalue weighted by atomic mass is 32.2. The molecule has 0 amide bonds. The molecule has 16 heavy (non-hydrogen) atoms. The fraction of sp³-hybridized carbons (Fsp3) is 0.900. The Morgan fingerprint density at radius 3 is 2.44 bits per heavy atom. The maximum Gasteiger partial charge on any atom is 0.279 e. The lowest BCUT2D eigenvalue weighted by molar-refractivity contribution is 0.230. The van der Waals surface area contributed by atoms with Gasteiger partial charge in [-0.2, -0.15) is 18.0 Å². The van der Waals surface area contributed by atoms with E-state index in [1.165, 1.54) is 4.31 Å². The highest BCUT2D eigenvalue weighted by Crippen LogP contribution is 2.30. The Bertz CT molecular complexity index is 364. The number of hydrogen-bond donors (Lipinski definition) is 1. The van der Waals surface area contributed by atoms with Crippen molar-refractivity contribution in [3.63, 3.8) is 0 Å². The van der Waals surface area contributed by atoms with Gasteiger partial charge < -0.3 is 0 Å². The van der Waals surface area contributed by atoms with Crippen molar-refractivity contribution in [3.8, 4) is 6.07 Å². The Morgan fingerprint density at radius 1 is 1.44 bits per heavy atom. The molecular weight excluding hydrogens is 226 g/mol. The molecule has 0 aromatic rings. The SMILES string of the molecule is CCCNS(=O)(=O)N1CCC(C)(C#N)CC1. The van der Waals surface area contributed by atoms with E-state index in [9.17, 15) is 8.42 Å². The first-order chi connectivity index (χ1) is 7.43. The molecule has 0 saturated carbocycles. The Hall–Kier alpha value is -0.640. The quantitative estimate of drug-likeness (QED) is 0.798. The molecule has 0 bridgehead atoms. The molecule has 0 aliphatic carbocycles. The van der Waals surface area contributed by atoms with Crippen LogP contribution in [-0.2, 0) is 10.2 Å². The maximum atomic E-state index is 11.8. The van der Waals surface area contributed by atoms with Crippen molar-refractivity contribution in [2.45, 2.75) is 33.1 Å². The van der Waals surface area contributed by atoms with Crippen LogP contribution in [-0.4, -0.2) is 32.4 Å². The number of nitrogens with zero attached hydrogens (tertiary/aromatic N) is 2. The topological polar surface area (TPSA) is 73.2 Å². The molecule has 0 aromatic carbocycles. The van der Waals surface area contributed by atoms with E-state index in [-0.39, 0.29) is 5.41 Å². The Morgan fingerprint density at radius 2 is 2.00 bits per heavy atom. The predicted molar refractivity (Wildman–Crippen MR) is 61.7 cm³/mol.